The van der Waals surface area contributed by atoms with Crippen LogP contribution in [0.4, 0.5) is 0 Å². The number of hydrogen-bond acceptors (Lipinski definition) is 2. The largest absolute Gasteiger partial charge is 1.00 e. The van der Waals surface area contributed by atoms with Crippen LogP contribution in [0.3, 0.4) is 0 Å². The summed E-state index contributed by atoms with van der Waals surface area (Å²) in [4.78, 5) is 24.8. The zero-order valence-electron chi connectivity index (χ0n) is 14.2. The molecular formula is C19H13Cl5N2O2. The number of Topliss-reactive ketones (excluding diaryl/α,β-unsaturated/α-hetero) is 2. The molecule has 28 heavy (non-hydrogen) atoms. The van der Waals surface area contributed by atoms with Crippen molar-refractivity contribution < 1.29 is 26.6 Å². The summed E-state index contributed by atoms with van der Waals surface area (Å²) < 4.78 is 3.34. The molecule has 3 aromatic rings. The Bertz CT molecular complexity index is 953. The van der Waals surface area contributed by atoms with Gasteiger partial charge in [0, 0.05) is 21.2 Å². The molecule has 0 aliphatic heterocycles. The van der Waals surface area contributed by atoms with Crippen LogP contribution in [0.1, 0.15) is 20.7 Å². The van der Waals surface area contributed by atoms with Gasteiger partial charge >= 0.3 is 0 Å². The van der Waals surface area contributed by atoms with Crippen LogP contribution < -0.4 is 17.0 Å². The van der Waals surface area contributed by atoms with Crippen LogP contribution in [0, 0.1) is 0 Å². The minimum Gasteiger partial charge on any atom is -1.00 e. The van der Waals surface area contributed by atoms with Crippen molar-refractivity contribution in [1.29, 1.82) is 0 Å². The monoisotopic (exact) mass is 476 g/mol. The van der Waals surface area contributed by atoms with E-state index < -0.39 is 0 Å². The van der Waals surface area contributed by atoms with E-state index in [1.165, 1.54) is 12.1 Å². The van der Waals surface area contributed by atoms with Crippen molar-refractivity contribution in [3.63, 3.8) is 0 Å². The summed E-state index contributed by atoms with van der Waals surface area (Å²) in [7, 11) is 0. The molecule has 4 nitrogen and oxygen atoms in total. The van der Waals surface area contributed by atoms with Gasteiger partial charge in [0.15, 0.2) is 13.1 Å². The fourth-order valence-electron chi connectivity index (χ4n) is 2.56. The highest BCUT2D eigenvalue weighted by atomic mass is 35.5. The van der Waals surface area contributed by atoms with E-state index in [2.05, 4.69) is 0 Å². The first-order valence-electron chi connectivity index (χ1n) is 7.85. The summed E-state index contributed by atoms with van der Waals surface area (Å²) >= 11 is 23.8. The third-order valence-corrected chi connectivity index (χ3v) is 4.96. The van der Waals surface area contributed by atoms with Crippen LogP contribution in [0.2, 0.25) is 20.1 Å². The molecule has 0 aliphatic carbocycles. The first-order valence-corrected chi connectivity index (χ1v) is 9.36. The number of ketones is 2. The van der Waals surface area contributed by atoms with E-state index in [1.807, 2.05) is 0 Å². The average Bonchev–Trinajstić information content (AvgIpc) is 3.01. The van der Waals surface area contributed by atoms with Gasteiger partial charge in [-0.05, 0) is 36.4 Å². The Morgan fingerprint density at radius 3 is 1.93 bits per heavy atom. The smallest absolute Gasteiger partial charge is 0.244 e. The number of carbonyl (C=O) groups is 2. The molecule has 146 valence electrons. The zero-order chi connectivity index (χ0) is 19.6. The predicted octanol–water partition coefficient (Wildman–Crippen LogP) is 2.16. The van der Waals surface area contributed by atoms with Crippen LogP contribution in [-0.2, 0) is 13.1 Å². The van der Waals surface area contributed by atoms with Crippen molar-refractivity contribution in [2.45, 2.75) is 13.1 Å². The van der Waals surface area contributed by atoms with Crippen molar-refractivity contribution in [2.75, 3.05) is 0 Å². The Hall–Kier alpha value is -1.56. The van der Waals surface area contributed by atoms with E-state index in [1.54, 1.807) is 52.1 Å². The molecule has 0 saturated carbocycles. The van der Waals surface area contributed by atoms with Gasteiger partial charge in [-0.25, -0.2) is 9.13 Å². The molecule has 0 spiro atoms. The van der Waals surface area contributed by atoms with Gasteiger partial charge in [-0.15, -0.1) is 0 Å². The number of aromatic nitrogens is 2. The summed E-state index contributed by atoms with van der Waals surface area (Å²) in [5, 5.41) is 1.55. The molecule has 0 fully saturated rings. The van der Waals surface area contributed by atoms with Gasteiger partial charge in [-0.1, -0.05) is 46.4 Å². The summed E-state index contributed by atoms with van der Waals surface area (Å²) in [5.41, 5.74) is 0.788. The lowest BCUT2D eigenvalue weighted by Crippen LogP contribution is -3.00. The Labute approximate surface area is 188 Å². The molecule has 2 aromatic carbocycles. The van der Waals surface area contributed by atoms with Gasteiger partial charge < -0.3 is 12.4 Å². The SMILES string of the molecule is O=C(Cn1cc[n+](CC(=O)c2ccc(Cl)cc2Cl)c1)c1ccc(Cl)cc1Cl.[Cl-]. The van der Waals surface area contributed by atoms with E-state index in [0.29, 0.717) is 31.2 Å². The van der Waals surface area contributed by atoms with E-state index in [-0.39, 0.29) is 37.1 Å². The van der Waals surface area contributed by atoms with Crippen LogP contribution in [0.25, 0.3) is 0 Å². The van der Waals surface area contributed by atoms with E-state index >= 15 is 0 Å². The predicted molar refractivity (Wildman–Crippen MR) is 106 cm³/mol. The number of carbonyl (C=O) groups excluding carboxylic acids is 2. The lowest BCUT2D eigenvalue weighted by molar-refractivity contribution is -0.682. The Morgan fingerprint density at radius 1 is 0.857 bits per heavy atom. The van der Waals surface area contributed by atoms with Crippen LogP contribution in [0.5, 0.6) is 0 Å². The lowest BCUT2D eigenvalue weighted by atomic mass is 10.1. The molecule has 0 bridgehead atoms. The number of nitrogens with zero attached hydrogens (tertiary/aromatic N) is 2. The zero-order valence-corrected chi connectivity index (χ0v) is 18.0. The number of hydrogen-bond donors (Lipinski definition) is 0. The highest BCUT2D eigenvalue weighted by molar-refractivity contribution is 6.37. The molecule has 0 aliphatic rings. The Kier molecular flexibility index (Phi) is 7.93. The fourth-order valence-corrected chi connectivity index (χ4v) is 3.59. The van der Waals surface area contributed by atoms with Gasteiger partial charge in [0.2, 0.25) is 17.9 Å². The first kappa shape index (κ1) is 22.7. The summed E-state index contributed by atoms with van der Waals surface area (Å²) in [5.74, 6) is -0.321. The molecule has 1 aromatic heterocycles. The lowest BCUT2D eigenvalue weighted by Gasteiger charge is -2.03. The van der Waals surface area contributed by atoms with E-state index in [0.717, 1.165) is 0 Å². The molecule has 1 heterocycles. The molecule has 3 rings (SSSR count). The minimum absolute atomic E-state index is 0. The summed E-state index contributed by atoms with van der Waals surface area (Å²) in [6, 6.07) is 9.48. The van der Waals surface area contributed by atoms with E-state index in [9.17, 15) is 9.59 Å². The molecule has 0 radical (unpaired) electrons. The van der Waals surface area contributed by atoms with Gasteiger partial charge in [-0.2, -0.15) is 0 Å². The fraction of sp³-hybridized carbons (Fsp3) is 0.105. The maximum Gasteiger partial charge on any atom is 0.244 e. The Morgan fingerprint density at radius 2 is 1.39 bits per heavy atom. The molecule has 0 unspecified atom stereocenters. The maximum atomic E-state index is 12.4. The minimum atomic E-state index is -0.161. The first-order chi connectivity index (χ1) is 12.8. The van der Waals surface area contributed by atoms with Gasteiger partial charge in [0.05, 0.1) is 10.0 Å². The second-order valence-corrected chi connectivity index (χ2v) is 7.54. The molecule has 0 amide bonds. The number of rotatable bonds is 6. The van der Waals surface area contributed by atoms with Gasteiger partial charge in [-0.3, -0.25) is 9.59 Å². The molecule has 0 atom stereocenters. The number of benzene rings is 2. The van der Waals surface area contributed by atoms with E-state index in [4.69, 9.17) is 46.4 Å². The van der Waals surface area contributed by atoms with Crippen molar-refractivity contribution in [1.82, 2.24) is 4.57 Å². The summed E-state index contributed by atoms with van der Waals surface area (Å²) in [6.45, 7) is 0.175. The standard InChI is InChI=1S/C19H13Cl4N2O2.ClH/c20-12-1-3-14(16(22)7-12)18(26)9-24-5-6-25(11-24)10-19(27)15-4-2-13(21)8-17(15)23;/h1-8,11H,9-10H2;1H/q+1;/p-1. The highest BCUT2D eigenvalue weighted by Gasteiger charge is 2.17. The normalized spacial score (nSPS) is 10.4. The van der Waals surface area contributed by atoms with Crippen molar-refractivity contribution >= 4 is 58.0 Å². The average molecular weight is 479 g/mol. The number of imidazole rings is 1. The summed E-state index contributed by atoms with van der Waals surface area (Å²) in [6.07, 6.45) is 5.08. The van der Waals surface area contributed by atoms with Crippen molar-refractivity contribution in [3.05, 3.63) is 86.3 Å². The van der Waals surface area contributed by atoms with Crippen molar-refractivity contribution in [2.24, 2.45) is 0 Å². The van der Waals surface area contributed by atoms with Crippen LogP contribution in [-0.4, -0.2) is 16.1 Å². The second kappa shape index (κ2) is 9.77. The van der Waals surface area contributed by atoms with Crippen LogP contribution >= 0.6 is 46.4 Å². The third kappa shape index (κ3) is 5.49. The number of halogens is 5. The maximum absolute atomic E-state index is 12.4. The van der Waals surface area contributed by atoms with Crippen molar-refractivity contribution in [3.8, 4) is 0 Å². The third-order valence-electron chi connectivity index (χ3n) is 3.86. The topological polar surface area (TPSA) is 43.0 Å². The Balaban J connectivity index is 0.00000280. The molecule has 0 N–H and O–H groups in total. The molecule has 0 saturated heterocycles. The molecule has 9 heteroatoms. The van der Waals surface area contributed by atoms with Crippen LogP contribution in [0.15, 0.2) is 55.1 Å². The van der Waals surface area contributed by atoms with Gasteiger partial charge in [0.25, 0.3) is 0 Å². The second-order valence-electron chi connectivity index (χ2n) is 5.85. The highest BCUT2D eigenvalue weighted by Crippen LogP contribution is 2.22. The van der Waals surface area contributed by atoms with Gasteiger partial charge in [0.1, 0.15) is 12.4 Å². The molecular weight excluding hydrogens is 465 g/mol. The quantitative estimate of drug-likeness (QED) is 0.403.